The van der Waals surface area contributed by atoms with E-state index in [1.807, 2.05) is 6.92 Å². The molecule has 1 aromatic rings. The van der Waals surface area contributed by atoms with Gasteiger partial charge in [0.25, 0.3) is 6.43 Å². The van der Waals surface area contributed by atoms with Gasteiger partial charge in [0.1, 0.15) is 5.75 Å². The lowest BCUT2D eigenvalue weighted by atomic mass is 10.2. The number of halogens is 3. The average molecular weight is 342 g/mol. The van der Waals surface area contributed by atoms with E-state index in [4.69, 9.17) is 16.3 Å². The van der Waals surface area contributed by atoms with Crippen molar-refractivity contribution < 1.29 is 21.9 Å². The lowest BCUT2D eigenvalue weighted by Crippen LogP contribution is -2.31. The first-order valence-electron chi connectivity index (χ1n) is 6.39. The smallest absolute Gasteiger partial charge is 0.252 e. The number of ether oxygens (including phenoxy) is 1. The van der Waals surface area contributed by atoms with E-state index < -0.39 is 23.0 Å². The van der Waals surface area contributed by atoms with Gasteiger partial charge in [0.15, 0.2) is 0 Å². The summed E-state index contributed by atoms with van der Waals surface area (Å²) in [6.07, 6.45) is -1.93. The van der Waals surface area contributed by atoms with Gasteiger partial charge in [0, 0.05) is 12.6 Å². The summed E-state index contributed by atoms with van der Waals surface area (Å²) in [5.41, 5.74) is 0.511. The van der Waals surface area contributed by atoms with E-state index in [1.54, 1.807) is 0 Å². The first kappa shape index (κ1) is 18.1. The Bertz CT molecular complexity index is 567. The van der Waals surface area contributed by atoms with Gasteiger partial charge in [-0.3, -0.25) is 0 Å². The van der Waals surface area contributed by atoms with Crippen molar-refractivity contribution in [3.05, 3.63) is 23.8 Å². The van der Waals surface area contributed by atoms with Crippen LogP contribution in [0.5, 0.6) is 5.75 Å². The Hall–Kier alpha value is -0.920. The summed E-state index contributed by atoms with van der Waals surface area (Å²) in [6.45, 7) is 1.58. The molecule has 0 saturated carbocycles. The summed E-state index contributed by atoms with van der Waals surface area (Å²) >= 11 is 5.79. The second kappa shape index (κ2) is 7.91. The zero-order chi connectivity index (χ0) is 16.0. The van der Waals surface area contributed by atoms with Crippen molar-refractivity contribution in [2.75, 3.05) is 20.2 Å². The molecule has 8 heteroatoms. The number of rotatable bonds is 8. The molecule has 0 aliphatic carbocycles. The summed E-state index contributed by atoms with van der Waals surface area (Å²) in [5.74, 6) is 0.573. The maximum absolute atomic E-state index is 12.3. The highest BCUT2D eigenvalue weighted by Gasteiger charge is 2.24. The van der Waals surface area contributed by atoms with Crippen LogP contribution in [0.15, 0.2) is 23.1 Å². The molecule has 1 aromatic carbocycles. The monoisotopic (exact) mass is 341 g/mol. The summed E-state index contributed by atoms with van der Waals surface area (Å²) in [4.78, 5) is -0.0786. The van der Waals surface area contributed by atoms with Crippen molar-refractivity contribution in [3.63, 3.8) is 0 Å². The third-order valence-corrected chi connectivity index (χ3v) is 4.85. The Kier molecular flexibility index (Phi) is 6.83. The van der Waals surface area contributed by atoms with E-state index in [2.05, 4.69) is 0 Å². The Morgan fingerprint density at radius 3 is 2.57 bits per heavy atom. The van der Waals surface area contributed by atoms with Crippen molar-refractivity contribution in [2.45, 2.75) is 30.5 Å². The Morgan fingerprint density at radius 2 is 2.05 bits per heavy atom. The van der Waals surface area contributed by atoms with Crippen molar-refractivity contribution in [1.82, 2.24) is 4.31 Å². The third-order valence-electron chi connectivity index (χ3n) is 2.74. The van der Waals surface area contributed by atoms with Crippen LogP contribution < -0.4 is 4.74 Å². The lowest BCUT2D eigenvalue weighted by Gasteiger charge is -2.18. The number of hydrogen-bond acceptors (Lipinski definition) is 3. The standard InChI is InChI=1S/C13H18ClF2NO3S/c1-3-6-20-12-5-4-11(7-10(12)8-14)21(18,19)17(2)9-13(15)16/h4-5,7,13H,3,6,8-9H2,1-2H3. The Labute approximate surface area is 128 Å². The van der Waals surface area contributed by atoms with Crippen LogP contribution in [0.3, 0.4) is 0 Å². The van der Waals surface area contributed by atoms with Gasteiger partial charge in [-0.05, 0) is 24.6 Å². The molecule has 0 fully saturated rings. The summed E-state index contributed by atoms with van der Waals surface area (Å²) in [6, 6.07) is 4.18. The van der Waals surface area contributed by atoms with Crippen LogP contribution in [0.4, 0.5) is 8.78 Å². The fourth-order valence-electron chi connectivity index (χ4n) is 1.65. The Balaban J connectivity index is 3.08. The minimum absolute atomic E-state index is 0.0704. The molecular weight excluding hydrogens is 324 g/mol. The maximum Gasteiger partial charge on any atom is 0.252 e. The highest BCUT2D eigenvalue weighted by molar-refractivity contribution is 7.89. The molecule has 0 saturated heterocycles. The quantitative estimate of drug-likeness (QED) is 0.683. The summed E-state index contributed by atoms with van der Waals surface area (Å²) < 4.78 is 55.1. The minimum atomic E-state index is -3.96. The molecular formula is C13H18ClF2NO3S. The van der Waals surface area contributed by atoms with Crippen LogP contribution in [-0.4, -0.2) is 39.3 Å². The minimum Gasteiger partial charge on any atom is -0.493 e. The molecule has 0 aliphatic heterocycles. The van der Waals surface area contributed by atoms with E-state index in [9.17, 15) is 17.2 Å². The first-order valence-corrected chi connectivity index (χ1v) is 8.36. The molecule has 120 valence electrons. The van der Waals surface area contributed by atoms with Crippen LogP contribution >= 0.6 is 11.6 Å². The maximum atomic E-state index is 12.3. The SMILES string of the molecule is CCCOc1ccc(S(=O)(=O)N(C)CC(F)F)cc1CCl. The molecule has 0 aliphatic rings. The van der Waals surface area contributed by atoms with Gasteiger partial charge in [-0.1, -0.05) is 6.92 Å². The van der Waals surface area contributed by atoms with Gasteiger partial charge >= 0.3 is 0 Å². The topological polar surface area (TPSA) is 46.6 Å². The molecule has 0 bridgehead atoms. The molecule has 4 nitrogen and oxygen atoms in total. The Morgan fingerprint density at radius 1 is 1.38 bits per heavy atom. The van der Waals surface area contributed by atoms with Crippen LogP contribution in [0, 0.1) is 0 Å². The van der Waals surface area contributed by atoms with E-state index in [0.717, 1.165) is 13.5 Å². The van der Waals surface area contributed by atoms with E-state index >= 15 is 0 Å². The largest absolute Gasteiger partial charge is 0.493 e. The van der Waals surface area contributed by atoms with Crippen LogP contribution in [0.25, 0.3) is 0 Å². The molecule has 0 radical (unpaired) electrons. The lowest BCUT2D eigenvalue weighted by molar-refractivity contribution is 0.126. The van der Waals surface area contributed by atoms with E-state index in [0.29, 0.717) is 22.2 Å². The van der Waals surface area contributed by atoms with Crippen LogP contribution in [0.1, 0.15) is 18.9 Å². The number of alkyl halides is 3. The molecule has 1 rings (SSSR count). The fourth-order valence-corrected chi connectivity index (χ4v) is 3.05. The van der Waals surface area contributed by atoms with Gasteiger partial charge < -0.3 is 4.74 Å². The number of nitrogens with zero attached hydrogens (tertiary/aromatic N) is 1. The molecule has 0 amide bonds. The zero-order valence-electron chi connectivity index (χ0n) is 11.9. The fraction of sp³-hybridized carbons (Fsp3) is 0.538. The molecule has 0 spiro atoms. The first-order chi connectivity index (χ1) is 9.82. The van der Waals surface area contributed by atoms with Gasteiger partial charge in [0.05, 0.1) is 23.9 Å². The molecule has 21 heavy (non-hydrogen) atoms. The molecule has 0 N–H and O–H groups in total. The number of sulfonamides is 1. The van der Waals surface area contributed by atoms with Crippen molar-refractivity contribution >= 4 is 21.6 Å². The van der Waals surface area contributed by atoms with Crippen LogP contribution in [0.2, 0.25) is 0 Å². The van der Waals surface area contributed by atoms with Gasteiger partial charge in [-0.2, -0.15) is 4.31 Å². The highest BCUT2D eigenvalue weighted by Crippen LogP contribution is 2.26. The van der Waals surface area contributed by atoms with Gasteiger partial charge in [-0.25, -0.2) is 17.2 Å². The van der Waals surface area contributed by atoms with Crippen LogP contribution in [-0.2, 0) is 15.9 Å². The number of benzene rings is 1. The normalized spacial score (nSPS) is 12.1. The van der Waals surface area contributed by atoms with Crippen molar-refractivity contribution in [3.8, 4) is 5.75 Å². The summed E-state index contributed by atoms with van der Waals surface area (Å²) in [5, 5.41) is 0. The van der Waals surface area contributed by atoms with Gasteiger partial charge in [-0.15, -0.1) is 11.6 Å². The molecule has 0 aromatic heterocycles. The predicted octanol–water partition coefficient (Wildman–Crippen LogP) is 3.10. The second-order valence-electron chi connectivity index (χ2n) is 4.43. The second-order valence-corrected chi connectivity index (χ2v) is 6.74. The average Bonchev–Trinajstić information content (AvgIpc) is 2.43. The molecule has 0 unspecified atom stereocenters. The zero-order valence-corrected chi connectivity index (χ0v) is 13.4. The van der Waals surface area contributed by atoms with E-state index in [-0.39, 0.29) is 10.8 Å². The molecule has 0 heterocycles. The van der Waals surface area contributed by atoms with Crippen molar-refractivity contribution in [1.29, 1.82) is 0 Å². The third kappa shape index (κ3) is 4.79. The summed E-state index contributed by atoms with van der Waals surface area (Å²) in [7, 11) is -2.85. The van der Waals surface area contributed by atoms with E-state index in [1.165, 1.54) is 18.2 Å². The number of hydrogen-bond donors (Lipinski definition) is 0. The van der Waals surface area contributed by atoms with Gasteiger partial charge in [0.2, 0.25) is 10.0 Å². The molecule has 0 atom stereocenters. The highest BCUT2D eigenvalue weighted by atomic mass is 35.5. The van der Waals surface area contributed by atoms with Crippen molar-refractivity contribution in [2.24, 2.45) is 0 Å². The predicted molar refractivity (Wildman–Crippen MR) is 77.6 cm³/mol.